The Kier molecular flexibility index (Phi) is 3.01. The molecule has 1 aliphatic carbocycles. The first-order valence-electron chi connectivity index (χ1n) is 6.39. The standard InChI is InChI=1S/C14H18ClNO/c1-9-4-12(5-9)16-8-13-7-10-6-11(15)2-3-14(10)17-13/h2-3,6,9,12-13,16H,4-5,7-8H2,1H3. The van der Waals surface area contributed by atoms with E-state index in [1.54, 1.807) is 0 Å². The van der Waals surface area contributed by atoms with E-state index in [4.69, 9.17) is 16.3 Å². The predicted octanol–water partition coefficient (Wildman–Crippen LogP) is 3.03. The summed E-state index contributed by atoms with van der Waals surface area (Å²) in [5.74, 6) is 1.90. The summed E-state index contributed by atoms with van der Waals surface area (Å²) in [6.07, 6.45) is 3.88. The Bertz CT molecular complexity index is 415. The normalized spacial score (nSPS) is 30.6. The van der Waals surface area contributed by atoms with Gasteiger partial charge in [0.1, 0.15) is 11.9 Å². The molecule has 1 aromatic rings. The summed E-state index contributed by atoms with van der Waals surface area (Å²) >= 11 is 5.98. The van der Waals surface area contributed by atoms with E-state index in [2.05, 4.69) is 12.2 Å². The van der Waals surface area contributed by atoms with Crippen molar-refractivity contribution in [2.75, 3.05) is 6.54 Å². The zero-order valence-corrected chi connectivity index (χ0v) is 10.8. The summed E-state index contributed by atoms with van der Waals surface area (Å²) in [5, 5.41) is 4.38. The van der Waals surface area contributed by atoms with E-state index in [1.807, 2.05) is 18.2 Å². The van der Waals surface area contributed by atoms with E-state index in [9.17, 15) is 0 Å². The number of rotatable bonds is 3. The number of nitrogens with one attached hydrogen (secondary N) is 1. The lowest BCUT2D eigenvalue weighted by Crippen LogP contribution is -2.44. The average Bonchev–Trinajstić information content (AvgIpc) is 2.64. The van der Waals surface area contributed by atoms with Crippen LogP contribution < -0.4 is 10.1 Å². The Balaban J connectivity index is 1.52. The van der Waals surface area contributed by atoms with Gasteiger partial charge in [-0.2, -0.15) is 0 Å². The predicted molar refractivity (Wildman–Crippen MR) is 69.8 cm³/mol. The highest BCUT2D eigenvalue weighted by Crippen LogP contribution is 2.31. The third kappa shape index (κ3) is 2.43. The molecule has 0 bridgehead atoms. The molecule has 0 radical (unpaired) electrons. The first kappa shape index (κ1) is 11.4. The Morgan fingerprint density at radius 1 is 1.41 bits per heavy atom. The molecule has 0 saturated heterocycles. The topological polar surface area (TPSA) is 21.3 Å². The fourth-order valence-electron chi connectivity index (χ4n) is 2.77. The van der Waals surface area contributed by atoms with Crippen LogP contribution in [0, 0.1) is 5.92 Å². The van der Waals surface area contributed by atoms with Gasteiger partial charge in [-0.25, -0.2) is 0 Å². The Morgan fingerprint density at radius 3 is 3.00 bits per heavy atom. The molecule has 0 amide bonds. The van der Waals surface area contributed by atoms with Crippen molar-refractivity contribution in [3.8, 4) is 5.75 Å². The van der Waals surface area contributed by atoms with Gasteiger partial charge in [0.05, 0.1) is 0 Å². The van der Waals surface area contributed by atoms with Crippen molar-refractivity contribution in [2.24, 2.45) is 5.92 Å². The van der Waals surface area contributed by atoms with Gasteiger partial charge < -0.3 is 10.1 Å². The van der Waals surface area contributed by atoms with Crippen LogP contribution >= 0.6 is 11.6 Å². The van der Waals surface area contributed by atoms with Crippen LogP contribution in [0.15, 0.2) is 18.2 Å². The van der Waals surface area contributed by atoms with Crippen LogP contribution in [-0.2, 0) is 6.42 Å². The molecule has 1 heterocycles. The van der Waals surface area contributed by atoms with Crippen LogP contribution in [0.5, 0.6) is 5.75 Å². The number of fused-ring (bicyclic) bond motifs is 1. The molecule has 2 nitrogen and oxygen atoms in total. The average molecular weight is 252 g/mol. The van der Waals surface area contributed by atoms with Crippen molar-refractivity contribution in [2.45, 2.75) is 38.3 Å². The van der Waals surface area contributed by atoms with E-state index in [0.29, 0.717) is 6.04 Å². The Labute approximate surface area is 107 Å². The number of hydrogen-bond donors (Lipinski definition) is 1. The molecule has 92 valence electrons. The quantitative estimate of drug-likeness (QED) is 0.892. The fourth-order valence-corrected chi connectivity index (χ4v) is 2.96. The first-order valence-corrected chi connectivity index (χ1v) is 6.77. The zero-order valence-electron chi connectivity index (χ0n) is 10.1. The SMILES string of the molecule is CC1CC(NCC2Cc3cc(Cl)ccc3O2)C1. The third-order valence-electron chi connectivity index (χ3n) is 3.77. The third-order valence-corrected chi connectivity index (χ3v) is 4.01. The highest BCUT2D eigenvalue weighted by Gasteiger charge is 2.28. The lowest BCUT2D eigenvalue weighted by Gasteiger charge is -2.34. The summed E-state index contributed by atoms with van der Waals surface area (Å²) < 4.78 is 5.89. The molecule has 1 fully saturated rings. The summed E-state index contributed by atoms with van der Waals surface area (Å²) in [4.78, 5) is 0. The van der Waals surface area contributed by atoms with Crippen molar-refractivity contribution in [3.63, 3.8) is 0 Å². The van der Waals surface area contributed by atoms with Gasteiger partial charge >= 0.3 is 0 Å². The second-order valence-corrected chi connectivity index (χ2v) is 5.81. The molecular weight excluding hydrogens is 234 g/mol. The van der Waals surface area contributed by atoms with Crippen molar-refractivity contribution < 1.29 is 4.74 Å². The van der Waals surface area contributed by atoms with E-state index >= 15 is 0 Å². The van der Waals surface area contributed by atoms with Crippen LogP contribution in [-0.4, -0.2) is 18.7 Å². The second-order valence-electron chi connectivity index (χ2n) is 5.38. The molecule has 3 heteroatoms. The van der Waals surface area contributed by atoms with Gasteiger partial charge in [0.25, 0.3) is 0 Å². The largest absolute Gasteiger partial charge is 0.488 e. The summed E-state index contributed by atoms with van der Waals surface area (Å²) in [6, 6.07) is 6.59. The van der Waals surface area contributed by atoms with E-state index in [0.717, 1.165) is 29.7 Å². The smallest absolute Gasteiger partial charge is 0.123 e. The molecule has 1 saturated carbocycles. The van der Waals surface area contributed by atoms with Gasteiger partial charge in [-0.05, 0) is 42.5 Å². The zero-order chi connectivity index (χ0) is 11.8. The van der Waals surface area contributed by atoms with Crippen LogP contribution in [0.4, 0.5) is 0 Å². The summed E-state index contributed by atoms with van der Waals surface area (Å²) in [6.45, 7) is 3.26. The minimum absolute atomic E-state index is 0.277. The second kappa shape index (κ2) is 4.51. The minimum atomic E-state index is 0.277. The van der Waals surface area contributed by atoms with Gasteiger partial charge in [-0.3, -0.25) is 0 Å². The molecule has 1 unspecified atom stereocenters. The number of halogens is 1. The molecule has 1 aliphatic heterocycles. The minimum Gasteiger partial charge on any atom is -0.488 e. The van der Waals surface area contributed by atoms with Gasteiger partial charge in [0.2, 0.25) is 0 Å². The van der Waals surface area contributed by atoms with Crippen molar-refractivity contribution in [1.82, 2.24) is 5.32 Å². The van der Waals surface area contributed by atoms with Crippen LogP contribution in [0.3, 0.4) is 0 Å². The van der Waals surface area contributed by atoms with Crippen LogP contribution in [0.2, 0.25) is 5.02 Å². The Hall–Kier alpha value is -0.730. The van der Waals surface area contributed by atoms with Crippen molar-refractivity contribution in [1.29, 1.82) is 0 Å². The molecule has 0 spiro atoms. The summed E-state index contributed by atoms with van der Waals surface area (Å²) in [7, 11) is 0. The highest BCUT2D eigenvalue weighted by atomic mass is 35.5. The van der Waals surface area contributed by atoms with E-state index < -0.39 is 0 Å². The molecule has 2 aliphatic rings. The summed E-state index contributed by atoms with van der Waals surface area (Å²) in [5.41, 5.74) is 1.24. The molecule has 1 atom stereocenters. The number of ether oxygens (including phenoxy) is 1. The molecule has 0 aromatic heterocycles. The van der Waals surface area contributed by atoms with Crippen LogP contribution in [0.1, 0.15) is 25.3 Å². The maximum Gasteiger partial charge on any atom is 0.123 e. The maximum atomic E-state index is 5.98. The van der Waals surface area contributed by atoms with Crippen molar-refractivity contribution in [3.05, 3.63) is 28.8 Å². The first-order chi connectivity index (χ1) is 8.20. The molecule has 17 heavy (non-hydrogen) atoms. The van der Waals surface area contributed by atoms with E-state index in [-0.39, 0.29) is 6.10 Å². The maximum absolute atomic E-state index is 5.98. The Morgan fingerprint density at radius 2 is 2.24 bits per heavy atom. The van der Waals surface area contributed by atoms with Crippen molar-refractivity contribution >= 4 is 11.6 Å². The molecule has 1 aromatic carbocycles. The van der Waals surface area contributed by atoms with E-state index in [1.165, 1.54) is 18.4 Å². The fraction of sp³-hybridized carbons (Fsp3) is 0.571. The lowest BCUT2D eigenvalue weighted by atomic mass is 9.82. The molecule has 1 N–H and O–H groups in total. The van der Waals surface area contributed by atoms with Gasteiger partial charge in [-0.15, -0.1) is 0 Å². The molecular formula is C14H18ClNO. The van der Waals surface area contributed by atoms with Gasteiger partial charge in [0, 0.05) is 24.0 Å². The van der Waals surface area contributed by atoms with Gasteiger partial charge in [0.15, 0.2) is 0 Å². The van der Waals surface area contributed by atoms with Crippen LogP contribution in [0.25, 0.3) is 0 Å². The highest BCUT2D eigenvalue weighted by molar-refractivity contribution is 6.30. The molecule has 3 rings (SSSR count). The lowest BCUT2D eigenvalue weighted by molar-refractivity contribution is 0.185. The number of benzene rings is 1. The van der Waals surface area contributed by atoms with Gasteiger partial charge in [-0.1, -0.05) is 18.5 Å². The number of hydrogen-bond acceptors (Lipinski definition) is 2. The monoisotopic (exact) mass is 251 g/mol.